The van der Waals surface area contributed by atoms with E-state index in [1.807, 2.05) is 6.07 Å². The van der Waals surface area contributed by atoms with Gasteiger partial charge in [-0.2, -0.15) is 5.26 Å². The van der Waals surface area contributed by atoms with Crippen molar-refractivity contribution in [3.8, 4) is 6.07 Å². The molecule has 26 heavy (non-hydrogen) atoms. The van der Waals surface area contributed by atoms with Crippen LogP contribution in [0.15, 0.2) is 52.0 Å². The second-order valence-corrected chi connectivity index (χ2v) is 7.12. The highest BCUT2D eigenvalue weighted by atomic mass is 32.2. The third-order valence-corrected chi connectivity index (χ3v) is 5.16. The Morgan fingerprint density at radius 1 is 1.08 bits per heavy atom. The van der Waals surface area contributed by atoms with Gasteiger partial charge in [-0.1, -0.05) is 5.16 Å². The molecule has 0 spiro atoms. The molecule has 0 aliphatic rings. The zero-order valence-corrected chi connectivity index (χ0v) is 14.8. The van der Waals surface area contributed by atoms with E-state index in [1.165, 1.54) is 13.1 Å². The summed E-state index contributed by atoms with van der Waals surface area (Å²) in [5.74, 6) is 0.761. The zero-order valence-electron chi connectivity index (χ0n) is 14.0. The summed E-state index contributed by atoms with van der Waals surface area (Å²) in [5.41, 5.74) is 1.94. The van der Waals surface area contributed by atoms with Crippen LogP contribution in [0.25, 0.3) is 0 Å². The summed E-state index contributed by atoms with van der Waals surface area (Å²) < 4.78 is 32.3. The maximum atomic E-state index is 12.5. The first kappa shape index (κ1) is 17.4. The second-order valence-electron chi connectivity index (χ2n) is 5.51. The van der Waals surface area contributed by atoms with E-state index in [9.17, 15) is 8.42 Å². The van der Waals surface area contributed by atoms with E-state index >= 15 is 0 Å². The largest absolute Gasteiger partial charge is 0.360 e. The number of rotatable bonds is 5. The number of pyridine rings is 1. The average Bonchev–Trinajstić information content (AvgIpc) is 2.96. The quantitative estimate of drug-likeness (QED) is 0.708. The van der Waals surface area contributed by atoms with Crippen molar-refractivity contribution in [2.75, 3.05) is 10.0 Å². The van der Waals surface area contributed by atoms with Crippen molar-refractivity contribution in [3.05, 3.63) is 59.6 Å². The Kier molecular flexibility index (Phi) is 4.60. The fourth-order valence-corrected chi connectivity index (χ4v) is 3.74. The summed E-state index contributed by atoms with van der Waals surface area (Å²) in [6, 6.07) is 12.2. The van der Waals surface area contributed by atoms with Gasteiger partial charge in [0, 0.05) is 5.69 Å². The van der Waals surface area contributed by atoms with Crippen LogP contribution in [0.5, 0.6) is 0 Å². The van der Waals surface area contributed by atoms with Gasteiger partial charge >= 0.3 is 0 Å². The molecule has 3 rings (SSSR count). The van der Waals surface area contributed by atoms with Crippen molar-refractivity contribution in [2.45, 2.75) is 18.7 Å². The van der Waals surface area contributed by atoms with Gasteiger partial charge in [0.2, 0.25) is 0 Å². The zero-order chi connectivity index (χ0) is 18.7. The number of anilines is 3. The molecule has 2 N–H and O–H groups in total. The third kappa shape index (κ3) is 3.65. The van der Waals surface area contributed by atoms with Crippen molar-refractivity contribution < 1.29 is 12.9 Å². The topological polar surface area (TPSA) is 121 Å². The van der Waals surface area contributed by atoms with Crippen LogP contribution in [0, 0.1) is 25.2 Å². The molecule has 2 heterocycles. The highest BCUT2D eigenvalue weighted by molar-refractivity contribution is 7.92. The first-order valence-corrected chi connectivity index (χ1v) is 9.06. The molecule has 0 amide bonds. The molecule has 0 unspecified atom stereocenters. The molecule has 3 aromatic rings. The number of nitrogens with zero attached hydrogens (tertiary/aromatic N) is 3. The molecule has 0 saturated carbocycles. The Balaban J connectivity index is 1.74. The van der Waals surface area contributed by atoms with Crippen LogP contribution in [0.4, 0.5) is 17.2 Å². The smallest absolute Gasteiger partial charge is 0.267 e. The molecular weight excluding hydrogens is 354 g/mol. The Morgan fingerprint density at radius 3 is 2.31 bits per heavy atom. The fraction of sp³-hybridized carbons (Fsp3) is 0.118. The van der Waals surface area contributed by atoms with Crippen molar-refractivity contribution in [2.24, 2.45) is 0 Å². The first-order valence-electron chi connectivity index (χ1n) is 7.58. The van der Waals surface area contributed by atoms with Gasteiger partial charge < -0.3 is 9.84 Å². The van der Waals surface area contributed by atoms with E-state index in [0.717, 1.165) is 5.69 Å². The standard InChI is InChI=1S/C17H15N5O3S/c1-11-17(12(2)25-21-11)26(23,24)22-15-7-8-16(19-10-15)20-14-5-3-13(9-18)4-6-14/h3-8,10,22H,1-2H3,(H,19,20). The molecule has 0 fully saturated rings. The van der Waals surface area contributed by atoms with Gasteiger partial charge in [0.1, 0.15) is 11.5 Å². The van der Waals surface area contributed by atoms with E-state index in [-0.39, 0.29) is 10.7 Å². The van der Waals surface area contributed by atoms with Crippen molar-refractivity contribution in [3.63, 3.8) is 0 Å². The van der Waals surface area contributed by atoms with Gasteiger partial charge in [-0.05, 0) is 50.2 Å². The number of hydrogen-bond donors (Lipinski definition) is 2. The number of sulfonamides is 1. The average molecular weight is 369 g/mol. The van der Waals surface area contributed by atoms with Crippen LogP contribution in [0.3, 0.4) is 0 Å². The SMILES string of the molecule is Cc1noc(C)c1S(=O)(=O)Nc1ccc(Nc2ccc(C#N)cc2)nc1. The van der Waals surface area contributed by atoms with Crippen LogP contribution in [-0.4, -0.2) is 18.6 Å². The van der Waals surface area contributed by atoms with Crippen molar-refractivity contribution in [1.29, 1.82) is 5.26 Å². The van der Waals surface area contributed by atoms with Gasteiger partial charge in [-0.3, -0.25) is 4.72 Å². The van der Waals surface area contributed by atoms with Crippen LogP contribution in [-0.2, 0) is 10.0 Å². The normalized spacial score (nSPS) is 11.0. The molecule has 0 saturated heterocycles. The predicted octanol–water partition coefficient (Wildman–Crippen LogP) is 3.10. The van der Waals surface area contributed by atoms with Crippen molar-refractivity contribution >= 4 is 27.2 Å². The first-order chi connectivity index (χ1) is 12.4. The predicted molar refractivity (Wildman–Crippen MR) is 95.5 cm³/mol. The van der Waals surface area contributed by atoms with Gasteiger partial charge in [0.25, 0.3) is 10.0 Å². The molecule has 0 aliphatic carbocycles. The van der Waals surface area contributed by atoms with Crippen LogP contribution < -0.4 is 10.0 Å². The lowest BCUT2D eigenvalue weighted by Gasteiger charge is -2.09. The number of nitriles is 1. The van der Waals surface area contributed by atoms with Crippen LogP contribution in [0.1, 0.15) is 17.0 Å². The minimum atomic E-state index is -3.81. The van der Waals surface area contributed by atoms with E-state index < -0.39 is 10.0 Å². The van der Waals surface area contributed by atoms with Gasteiger partial charge in [0.05, 0.1) is 23.5 Å². The summed E-state index contributed by atoms with van der Waals surface area (Å²) in [4.78, 5) is 4.21. The Morgan fingerprint density at radius 2 is 1.77 bits per heavy atom. The summed E-state index contributed by atoms with van der Waals surface area (Å²) in [5, 5.41) is 15.5. The Hall–Kier alpha value is -3.38. The van der Waals surface area contributed by atoms with Gasteiger partial charge in [0.15, 0.2) is 10.7 Å². The van der Waals surface area contributed by atoms with E-state index in [4.69, 9.17) is 9.78 Å². The number of aryl methyl sites for hydroxylation is 2. The summed E-state index contributed by atoms with van der Waals surface area (Å²) in [6.07, 6.45) is 1.40. The molecule has 0 atom stereocenters. The minimum absolute atomic E-state index is 0.0253. The molecule has 0 bridgehead atoms. The highest BCUT2D eigenvalue weighted by Gasteiger charge is 2.24. The number of hydrogen-bond acceptors (Lipinski definition) is 7. The summed E-state index contributed by atoms with van der Waals surface area (Å²) in [6.45, 7) is 3.10. The molecular formula is C17H15N5O3S. The Labute approximate surface area is 150 Å². The lowest BCUT2D eigenvalue weighted by Crippen LogP contribution is -2.14. The van der Waals surface area contributed by atoms with E-state index in [2.05, 4.69) is 20.2 Å². The molecule has 0 radical (unpaired) electrons. The van der Waals surface area contributed by atoms with Crippen molar-refractivity contribution in [1.82, 2.24) is 10.1 Å². The summed E-state index contributed by atoms with van der Waals surface area (Å²) in [7, 11) is -3.81. The van der Waals surface area contributed by atoms with Crippen LogP contribution in [0.2, 0.25) is 0 Å². The minimum Gasteiger partial charge on any atom is -0.360 e. The van der Waals surface area contributed by atoms with E-state index in [1.54, 1.807) is 43.3 Å². The molecule has 9 heteroatoms. The summed E-state index contributed by atoms with van der Waals surface area (Å²) >= 11 is 0. The number of aromatic nitrogens is 2. The lowest BCUT2D eigenvalue weighted by molar-refractivity contribution is 0.390. The second kappa shape index (κ2) is 6.85. The van der Waals surface area contributed by atoms with E-state index in [0.29, 0.717) is 22.8 Å². The number of nitrogens with one attached hydrogen (secondary N) is 2. The molecule has 8 nitrogen and oxygen atoms in total. The highest BCUT2D eigenvalue weighted by Crippen LogP contribution is 2.23. The lowest BCUT2D eigenvalue weighted by atomic mass is 10.2. The molecule has 132 valence electrons. The third-order valence-electron chi connectivity index (χ3n) is 3.54. The van der Waals surface area contributed by atoms with Crippen LogP contribution >= 0.6 is 0 Å². The maximum absolute atomic E-state index is 12.5. The molecule has 1 aromatic carbocycles. The fourth-order valence-electron chi connectivity index (χ4n) is 2.37. The molecule has 2 aromatic heterocycles. The Bertz CT molecular complexity index is 1050. The molecule has 0 aliphatic heterocycles. The monoisotopic (exact) mass is 369 g/mol. The van der Waals surface area contributed by atoms with Gasteiger partial charge in [-0.15, -0.1) is 0 Å². The maximum Gasteiger partial charge on any atom is 0.267 e. The number of benzene rings is 1. The van der Waals surface area contributed by atoms with Gasteiger partial charge in [-0.25, -0.2) is 13.4 Å².